The third kappa shape index (κ3) is 6.88. The van der Waals surface area contributed by atoms with Crippen molar-refractivity contribution in [3.05, 3.63) is 70.5 Å². The minimum Gasteiger partial charge on any atom is -0.356 e. The van der Waals surface area contributed by atoms with Crippen LogP contribution in [0.25, 0.3) is 0 Å². The number of nitrogens with one attached hydrogen (secondary N) is 4. The van der Waals surface area contributed by atoms with Crippen LogP contribution < -0.4 is 21.3 Å². The first-order valence-electron chi connectivity index (χ1n) is 9.74. The number of aryl methyl sites for hydroxylation is 1. The van der Waals surface area contributed by atoms with Gasteiger partial charge in [-0.25, -0.2) is 4.39 Å². The molecule has 0 heterocycles. The molecule has 0 aliphatic rings. The SMILES string of the molecule is CN=C(NCCNC(=O)c1ccc(C)c(F)c1)NCCc1cccc(C(=O)NC)c1. The second kappa shape index (κ2) is 11.5. The molecule has 0 aliphatic carbocycles. The third-order valence-corrected chi connectivity index (χ3v) is 4.48. The third-order valence-electron chi connectivity index (χ3n) is 4.48. The van der Waals surface area contributed by atoms with Gasteiger partial charge in [0.25, 0.3) is 11.8 Å². The van der Waals surface area contributed by atoms with Gasteiger partial charge in [0.1, 0.15) is 5.82 Å². The van der Waals surface area contributed by atoms with Crippen LogP contribution in [0, 0.1) is 12.7 Å². The van der Waals surface area contributed by atoms with Gasteiger partial charge in [-0.15, -0.1) is 0 Å². The Morgan fingerprint density at radius 2 is 1.63 bits per heavy atom. The molecule has 2 amide bonds. The van der Waals surface area contributed by atoms with E-state index in [2.05, 4.69) is 26.3 Å². The number of amides is 2. The van der Waals surface area contributed by atoms with E-state index in [9.17, 15) is 14.0 Å². The smallest absolute Gasteiger partial charge is 0.251 e. The van der Waals surface area contributed by atoms with Gasteiger partial charge < -0.3 is 21.3 Å². The van der Waals surface area contributed by atoms with Crippen LogP contribution in [0.2, 0.25) is 0 Å². The van der Waals surface area contributed by atoms with Crippen molar-refractivity contribution >= 4 is 17.8 Å². The Balaban J connectivity index is 1.71. The van der Waals surface area contributed by atoms with E-state index in [0.717, 1.165) is 12.0 Å². The van der Waals surface area contributed by atoms with E-state index in [1.165, 1.54) is 6.07 Å². The molecule has 30 heavy (non-hydrogen) atoms. The van der Waals surface area contributed by atoms with E-state index in [0.29, 0.717) is 42.3 Å². The van der Waals surface area contributed by atoms with Gasteiger partial charge in [-0.3, -0.25) is 14.6 Å². The molecule has 0 radical (unpaired) electrons. The molecule has 0 fully saturated rings. The summed E-state index contributed by atoms with van der Waals surface area (Å²) in [6.45, 7) is 3.11. The molecule has 0 saturated carbocycles. The zero-order valence-electron chi connectivity index (χ0n) is 17.5. The van der Waals surface area contributed by atoms with Gasteiger partial charge in [0.15, 0.2) is 5.96 Å². The first-order valence-corrected chi connectivity index (χ1v) is 9.74. The van der Waals surface area contributed by atoms with Gasteiger partial charge in [-0.05, 0) is 48.7 Å². The topological polar surface area (TPSA) is 94.6 Å². The Kier molecular flexibility index (Phi) is 8.80. The molecule has 0 aliphatic heterocycles. The van der Waals surface area contributed by atoms with Crippen LogP contribution in [0.1, 0.15) is 31.8 Å². The van der Waals surface area contributed by atoms with E-state index in [1.54, 1.807) is 39.2 Å². The summed E-state index contributed by atoms with van der Waals surface area (Å²) in [5, 5.41) is 11.7. The number of hydrogen-bond donors (Lipinski definition) is 4. The predicted octanol–water partition coefficient (Wildman–Crippen LogP) is 1.63. The quantitative estimate of drug-likeness (QED) is 0.301. The standard InChI is InChI=1S/C22H28FN5O2/c1-15-7-8-18(14-19(15)23)21(30)26-11-12-28-22(25-3)27-10-9-16-5-4-6-17(13-16)20(29)24-2/h4-8,13-14H,9-12H2,1-3H3,(H,24,29)(H,26,30)(H2,25,27,28). The highest BCUT2D eigenvalue weighted by Gasteiger charge is 2.08. The Morgan fingerprint density at radius 3 is 2.33 bits per heavy atom. The highest BCUT2D eigenvalue weighted by atomic mass is 19.1. The minimum atomic E-state index is -0.397. The molecule has 160 valence electrons. The Morgan fingerprint density at radius 1 is 0.933 bits per heavy atom. The lowest BCUT2D eigenvalue weighted by Gasteiger charge is -2.13. The van der Waals surface area contributed by atoms with Crippen molar-refractivity contribution in [3.63, 3.8) is 0 Å². The maximum atomic E-state index is 13.6. The number of carbonyl (C=O) groups excluding carboxylic acids is 2. The molecular formula is C22H28FN5O2. The van der Waals surface area contributed by atoms with Crippen LogP contribution in [0.4, 0.5) is 4.39 Å². The Labute approximate surface area is 176 Å². The average Bonchev–Trinajstić information content (AvgIpc) is 2.76. The van der Waals surface area contributed by atoms with Gasteiger partial charge in [0, 0.05) is 44.9 Å². The van der Waals surface area contributed by atoms with E-state index in [-0.39, 0.29) is 11.8 Å². The largest absolute Gasteiger partial charge is 0.356 e. The maximum absolute atomic E-state index is 13.6. The highest BCUT2D eigenvalue weighted by Crippen LogP contribution is 2.09. The summed E-state index contributed by atoms with van der Waals surface area (Å²) in [4.78, 5) is 27.9. The minimum absolute atomic E-state index is 0.113. The van der Waals surface area contributed by atoms with Crippen LogP contribution in [-0.4, -0.2) is 51.5 Å². The number of halogens is 1. The zero-order valence-corrected chi connectivity index (χ0v) is 17.5. The lowest BCUT2D eigenvalue weighted by Crippen LogP contribution is -2.42. The van der Waals surface area contributed by atoms with Crippen LogP contribution >= 0.6 is 0 Å². The fourth-order valence-electron chi connectivity index (χ4n) is 2.75. The van der Waals surface area contributed by atoms with Crippen LogP contribution in [0.3, 0.4) is 0 Å². The van der Waals surface area contributed by atoms with Gasteiger partial charge in [-0.2, -0.15) is 0 Å². The average molecular weight is 413 g/mol. The first kappa shape index (κ1) is 22.9. The summed E-state index contributed by atoms with van der Waals surface area (Å²) in [6.07, 6.45) is 0.723. The lowest BCUT2D eigenvalue weighted by atomic mass is 10.1. The molecule has 4 N–H and O–H groups in total. The van der Waals surface area contributed by atoms with Crippen molar-refractivity contribution in [2.75, 3.05) is 33.7 Å². The van der Waals surface area contributed by atoms with Crippen LogP contribution in [0.5, 0.6) is 0 Å². The van der Waals surface area contributed by atoms with Crippen molar-refractivity contribution in [2.45, 2.75) is 13.3 Å². The van der Waals surface area contributed by atoms with Crippen LogP contribution in [-0.2, 0) is 6.42 Å². The van der Waals surface area contributed by atoms with Gasteiger partial charge >= 0.3 is 0 Å². The fraction of sp³-hybridized carbons (Fsp3) is 0.318. The monoisotopic (exact) mass is 413 g/mol. The van der Waals surface area contributed by atoms with Crippen molar-refractivity contribution in [3.8, 4) is 0 Å². The molecule has 2 aromatic rings. The zero-order chi connectivity index (χ0) is 21.9. The molecule has 0 aromatic heterocycles. The molecule has 0 bridgehead atoms. The van der Waals surface area contributed by atoms with Crippen molar-refractivity contribution < 1.29 is 14.0 Å². The number of benzene rings is 2. The van der Waals surface area contributed by atoms with E-state index in [4.69, 9.17) is 0 Å². The molecule has 2 rings (SSSR count). The Bertz CT molecular complexity index is 914. The van der Waals surface area contributed by atoms with E-state index >= 15 is 0 Å². The lowest BCUT2D eigenvalue weighted by molar-refractivity contribution is 0.0949. The number of carbonyl (C=O) groups is 2. The molecule has 0 atom stereocenters. The Hall–Kier alpha value is -3.42. The number of aliphatic imine (C=N–C) groups is 1. The molecule has 8 heteroatoms. The highest BCUT2D eigenvalue weighted by molar-refractivity contribution is 5.94. The summed E-state index contributed by atoms with van der Waals surface area (Å²) in [6, 6.07) is 11.9. The number of hydrogen-bond acceptors (Lipinski definition) is 3. The number of rotatable bonds is 8. The molecule has 7 nitrogen and oxygen atoms in total. The number of guanidine groups is 1. The van der Waals surface area contributed by atoms with Crippen molar-refractivity contribution in [1.82, 2.24) is 21.3 Å². The van der Waals surface area contributed by atoms with E-state index in [1.807, 2.05) is 18.2 Å². The number of nitrogens with zero attached hydrogens (tertiary/aromatic N) is 1. The van der Waals surface area contributed by atoms with Gasteiger partial charge in [0.2, 0.25) is 0 Å². The summed E-state index contributed by atoms with van der Waals surface area (Å²) >= 11 is 0. The molecule has 0 unspecified atom stereocenters. The second-order valence-corrected chi connectivity index (χ2v) is 6.68. The fourth-order valence-corrected chi connectivity index (χ4v) is 2.75. The predicted molar refractivity (Wildman–Crippen MR) is 116 cm³/mol. The first-order chi connectivity index (χ1) is 14.4. The molecule has 0 spiro atoms. The maximum Gasteiger partial charge on any atom is 0.251 e. The summed E-state index contributed by atoms with van der Waals surface area (Å²) in [7, 11) is 3.27. The summed E-state index contributed by atoms with van der Waals surface area (Å²) in [5.41, 5.74) is 2.46. The van der Waals surface area contributed by atoms with Gasteiger partial charge in [0.05, 0.1) is 0 Å². The summed E-state index contributed by atoms with van der Waals surface area (Å²) < 4.78 is 13.6. The molecule has 2 aromatic carbocycles. The van der Waals surface area contributed by atoms with Crippen molar-refractivity contribution in [1.29, 1.82) is 0 Å². The normalized spacial score (nSPS) is 11.0. The van der Waals surface area contributed by atoms with Crippen molar-refractivity contribution in [2.24, 2.45) is 4.99 Å². The summed E-state index contributed by atoms with van der Waals surface area (Å²) in [5.74, 6) is -0.230. The second-order valence-electron chi connectivity index (χ2n) is 6.68. The molecule has 0 saturated heterocycles. The van der Waals surface area contributed by atoms with Gasteiger partial charge in [-0.1, -0.05) is 18.2 Å². The van der Waals surface area contributed by atoms with Crippen LogP contribution in [0.15, 0.2) is 47.5 Å². The molecular weight excluding hydrogens is 385 g/mol. The van der Waals surface area contributed by atoms with E-state index < -0.39 is 5.82 Å².